The van der Waals surface area contributed by atoms with Gasteiger partial charge in [0.25, 0.3) is 0 Å². The Morgan fingerprint density at radius 3 is 2.57 bits per heavy atom. The summed E-state index contributed by atoms with van der Waals surface area (Å²) < 4.78 is -0.137. The lowest BCUT2D eigenvalue weighted by atomic mass is 9.71. The number of piperidine rings is 1. The number of quaternary nitrogens is 1. The summed E-state index contributed by atoms with van der Waals surface area (Å²) in [6, 6.07) is 0. The zero-order valence-electron chi connectivity index (χ0n) is 14.4. The lowest BCUT2D eigenvalue weighted by molar-refractivity contribution is -0.922. The molecule has 1 fully saturated rings. The highest BCUT2D eigenvalue weighted by Crippen LogP contribution is 2.42. The summed E-state index contributed by atoms with van der Waals surface area (Å²) >= 11 is 0. The van der Waals surface area contributed by atoms with Crippen molar-refractivity contribution in [2.75, 3.05) is 13.6 Å². The molecule has 0 amide bonds. The molecule has 0 bridgehead atoms. The number of carboxylic acids is 1. The van der Waals surface area contributed by atoms with E-state index in [9.17, 15) is 10.0 Å². The third-order valence-electron chi connectivity index (χ3n) is 6.19. The van der Waals surface area contributed by atoms with Crippen LogP contribution < -0.4 is 0 Å². The van der Waals surface area contributed by atoms with Crippen LogP contribution in [-0.2, 0) is 4.79 Å². The third kappa shape index (κ3) is 4.19. The van der Waals surface area contributed by atoms with E-state index in [1.165, 1.54) is 0 Å². The highest BCUT2D eigenvalue weighted by molar-refractivity contribution is 5.69. The number of nitrogens with zero attached hydrogens (tertiary/aromatic N) is 1. The number of hydroxylamine groups is 3. The topological polar surface area (TPSA) is 60.4 Å². The molecule has 1 aliphatic heterocycles. The quantitative estimate of drug-likeness (QED) is 0.438. The van der Waals surface area contributed by atoms with Crippen molar-refractivity contribution in [3.63, 3.8) is 0 Å². The second kappa shape index (κ2) is 7.10. The number of rotatable bonds is 7. The van der Waals surface area contributed by atoms with E-state index >= 15 is 0 Å². The van der Waals surface area contributed by atoms with Gasteiger partial charge in [-0.2, -0.15) is 0 Å². The molecule has 0 spiro atoms. The molecule has 0 radical (unpaired) electrons. The van der Waals surface area contributed by atoms with Gasteiger partial charge < -0.3 is 15.0 Å². The van der Waals surface area contributed by atoms with Gasteiger partial charge in [0.05, 0.1) is 25.0 Å². The van der Waals surface area contributed by atoms with Crippen LogP contribution in [0.5, 0.6) is 0 Å². The Morgan fingerprint density at radius 1 is 1.43 bits per heavy atom. The van der Waals surface area contributed by atoms with Crippen molar-refractivity contribution < 1.29 is 14.5 Å². The SMILES string of the molecule is CCC(CCCCC1CC[N+](C)([O-])C(C)(C)C1C)C(=O)O. The van der Waals surface area contributed by atoms with E-state index < -0.39 is 5.97 Å². The van der Waals surface area contributed by atoms with E-state index in [-0.39, 0.29) is 16.1 Å². The van der Waals surface area contributed by atoms with Crippen LogP contribution in [0.1, 0.15) is 66.2 Å². The van der Waals surface area contributed by atoms with Crippen molar-refractivity contribution in [2.24, 2.45) is 17.8 Å². The van der Waals surface area contributed by atoms with Crippen LogP contribution in [0, 0.1) is 23.0 Å². The van der Waals surface area contributed by atoms with Crippen molar-refractivity contribution in [3.05, 3.63) is 5.21 Å². The molecule has 4 atom stereocenters. The predicted molar refractivity (Wildman–Crippen MR) is 85.7 cm³/mol. The summed E-state index contributed by atoms with van der Waals surface area (Å²) in [5, 5.41) is 21.6. The van der Waals surface area contributed by atoms with Crippen LogP contribution in [0.15, 0.2) is 0 Å². The average molecular weight is 299 g/mol. The van der Waals surface area contributed by atoms with E-state index in [0.717, 1.165) is 32.1 Å². The van der Waals surface area contributed by atoms with Crippen LogP contribution in [0.3, 0.4) is 0 Å². The molecule has 0 saturated carbocycles. The van der Waals surface area contributed by atoms with Gasteiger partial charge in [-0.3, -0.25) is 4.79 Å². The summed E-state index contributed by atoms with van der Waals surface area (Å²) in [7, 11) is 1.80. The minimum Gasteiger partial charge on any atom is -0.633 e. The Balaban J connectivity index is 2.42. The first kappa shape index (κ1) is 18.4. The minimum absolute atomic E-state index is 0.137. The number of carboxylic acid groups (broad SMARTS) is 1. The smallest absolute Gasteiger partial charge is 0.306 e. The molecule has 4 heteroatoms. The first-order valence-corrected chi connectivity index (χ1v) is 8.43. The summed E-state index contributed by atoms with van der Waals surface area (Å²) in [5.41, 5.74) is -0.226. The summed E-state index contributed by atoms with van der Waals surface area (Å²) in [4.78, 5) is 11.0. The van der Waals surface area contributed by atoms with Crippen molar-refractivity contribution >= 4 is 5.97 Å². The fourth-order valence-electron chi connectivity index (χ4n) is 3.65. The Morgan fingerprint density at radius 2 is 2.05 bits per heavy atom. The van der Waals surface area contributed by atoms with Gasteiger partial charge in [0.15, 0.2) is 0 Å². The molecule has 0 aromatic heterocycles. The monoisotopic (exact) mass is 299 g/mol. The molecule has 0 aromatic rings. The van der Waals surface area contributed by atoms with Gasteiger partial charge in [0.2, 0.25) is 0 Å². The summed E-state index contributed by atoms with van der Waals surface area (Å²) in [6.45, 7) is 9.04. The number of hydrogen-bond donors (Lipinski definition) is 1. The third-order valence-corrected chi connectivity index (χ3v) is 6.19. The van der Waals surface area contributed by atoms with E-state index in [0.29, 0.717) is 24.8 Å². The minimum atomic E-state index is -0.663. The molecule has 1 heterocycles. The van der Waals surface area contributed by atoms with Gasteiger partial charge in [0.1, 0.15) is 0 Å². The number of aliphatic carboxylic acids is 1. The number of hydrogen-bond acceptors (Lipinski definition) is 2. The fourth-order valence-corrected chi connectivity index (χ4v) is 3.65. The molecular weight excluding hydrogens is 266 g/mol. The lowest BCUT2D eigenvalue weighted by Gasteiger charge is -2.59. The average Bonchev–Trinajstić information content (AvgIpc) is 2.39. The van der Waals surface area contributed by atoms with Crippen LogP contribution in [0.25, 0.3) is 0 Å². The second-order valence-electron chi connectivity index (χ2n) is 7.54. The molecule has 124 valence electrons. The highest BCUT2D eigenvalue weighted by Gasteiger charge is 2.46. The molecule has 4 nitrogen and oxygen atoms in total. The van der Waals surface area contributed by atoms with Gasteiger partial charge in [0, 0.05) is 12.3 Å². The van der Waals surface area contributed by atoms with E-state index in [1.54, 1.807) is 7.05 Å². The summed E-state index contributed by atoms with van der Waals surface area (Å²) in [6.07, 6.45) is 5.69. The van der Waals surface area contributed by atoms with Gasteiger partial charge in [-0.15, -0.1) is 0 Å². The fraction of sp³-hybridized carbons (Fsp3) is 0.941. The maximum atomic E-state index is 12.5. The van der Waals surface area contributed by atoms with Crippen LogP contribution in [0.2, 0.25) is 0 Å². The van der Waals surface area contributed by atoms with Gasteiger partial charge in [-0.05, 0) is 39.0 Å². The predicted octanol–water partition coefficient (Wildman–Crippen LogP) is 4.04. The van der Waals surface area contributed by atoms with E-state index in [1.807, 2.05) is 6.92 Å². The number of unbranched alkanes of at least 4 members (excludes halogenated alkanes) is 1. The Hall–Kier alpha value is -0.610. The normalized spacial score (nSPS) is 33.6. The largest absolute Gasteiger partial charge is 0.633 e. The molecule has 1 N–H and O–H groups in total. The van der Waals surface area contributed by atoms with Gasteiger partial charge >= 0.3 is 5.97 Å². The zero-order valence-corrected chi connectivity index (χ0v) is 14.4. The van der Waals surface area contributed by atoms with Crippen molar-refractivity contribution in [1.29, 1.82) is 0 Å². The molecule has 1 rings (SSSR count). The summed E-state index contributed by atoms with van der Waals surface area (Å²) in [5.74, 6) is 0.163. The number of carbonyl (C=O) groups is 1. The standard InChI is InChI=1S/C17H33NO3/c1-6-14(16(19)20)9-7-8-10-15-11-12-18(5,21)17(3,4)13(15)2/h13-15H,6-12H2,1-5H3,(H,19,20). The molecule has 0 aliphatic carbocycles. The van der Waals surface area contributed by atoms with Crippen LogP contribution in [0.4, 0.5) is 0 Å². The van der Waals surface area contributed by atoms with E-state index in [4.69, 9.17) is 5.11 Å². The van der Waals surface area contributed by atoms with E-state index in [2.05, 4.69) is 20.8 Å². The lowest BCUT2D eigenvalue weighted by Crippen LogP contribution is -2.63. The Kier molecular flexibility index (Phi) is 6.23. The van der Waals surface area contributed by atoms with Crippen LogP contribution in [-0.4, -0.2) is 34.9 Å². The molecular formula is C17H33NO3. The molecule has 21 heavy (non-hydrogen) atoms. The molecule has 1 saturated heterocycles. The molecule has 1 aliphatic rings. The number of likely N-dealkylation sites (tertiary alicyclic amines) is 1. The zero-order chi connectivity index (χ0) is 16.3. The van der Waals surface area contributed by atoms with Crippen molar-refractivity contribution in [1.82, 2.24) is 0 Å². The molecule has 0 aromatic carbocycles. The maximum absolute atomic E-state index is 12.5. The first-order valence-electron chi connectivity index (χ1n) is 8.43. The Bertz CT molecular complexity index is 352. The van der Waals surface area contributed by atoms with Crippen LogP contribution >= 0.6 is 0 Å². The second-order valence-corrected chi connectivity index (χ2v) is 7.54. The highest BCUT2D eigenvalue weighted by atomic mass is 16.5. The van der Waals surface area contributed by atoms with Gasteiger partial charge in [-0.25, -0.2) is 0 Å². The van der Waals surface area contributed by atoms with Crippen molar-refractivity contribution in [2.45, 2.75) is 71.8 Å². The maximum Gasteiger partial charge on any atom is 0.306 e. The van der Waals surface area contributed by atoms with Crippen molar-refractivity contribution in [3.8, 4) is 0 Å². The Labute approximate surface area is 129 Å². The molecule has 4 unspecified atom stereocenters. The van der Waals surface area contributed by atoms with Gasteiger partial charge in [-0.1, -0.05) is 26.7 Å². The first-order chi connectivity index (χ1) is 9.63.